The van der Waals surface area contributed by atoms with Gasteiger partial charge in [0.2, 0.25) is 11.8 Å². The number of hydrogen-bond acceptors (Lipinski definition) is 4. The molecular weight excluding hydrogens is 328 g/mol. The van der Waals surface area contributed by atoms with E-state index in [1.807, 2.05) is 17.9 Å². The topological polar surface area (TPSA) is 75.0 Å². The highest BCUT2D eigenvalue weighted by Crippen LogP contribution is 2.31. The van der Waals surface area contributed by atoms with Crippen LogP contribution in [0.2, 0.25) is 0 Å². The first-order chi connectivity index (χ1) is 12.8. The Bertz CT molecular complexity index is 898. The zero-order valence-electron chi connectivity index (χ0n) is 15.1. The molecule has 3 aromatic rings. The smallest absolute Gasteiger partial charge is 0.249 e. The quantitative estimate of drug-likeness (QED) is 0.732. The summed E-state index contributed by atoms with van der Waals surface area (Å²) in [7, 11) is 0. The number of hydrogen-bond donors (Lipinski definition) is 1. The van der Waals surface area contributed by atoms with Crippen LogP contribution in [0, 0.1) is 0 Å². The zero-order chi connectivity index (χ0) is 17.9. The number of benzene rings is 1. The average molecular weight is 352 g/mol. The number of nitrogens with one attached hydrogen (secondary N) is 1. The number of fused-ring (bicyclic) bond motifs is 1. The van der Waals surface area contributed by atoms with Crippen LogP contribution in [0.25, 0.3) is 10.9 Å². The van der Waals surface area contributed by atoms with Crippen molar-refractivity contribution < 1.29 is 9.32 Å². The molecule has 0 bridgehead atoms. The predicted molar refractivity (Wildman–Crippen MR) is 98.6 cm³/mol. The molecule has 4 rings (SSSR count). The van der Waals surface area contributed by atoms with E-state index in [0.717, 1.165) is 44.2 Å². The number of rotatable bonds is 6. The Morgan fingerprint density at radius 1 is 1.38 bits per heavy atom. The molecule has 0 unspecified atom stereocenters. The molecule has 3 heterocycles. The van der Waals surface area contributed by atoms with E-state index < -0.39 is 0 Å². The van der Waals surface area contributed by atoms with Gasteiger partial charge in [-0.1, -0.05) is 30.3 Å². The van der Waals surface area contributed by atoms with Crippen molar-refractivity contribution >= 4 is 16.8 Å². The van der Waals surface area contributed by atoms with Gasteiger partial charge in [0.05, 0.1) is 0 Å². The molecule has 136 valence electrons. The SMILES string of the molecule is CCc1noc([C@@H]2CCCN2C(=O)CCCc2c[nH]c3ccccc23)n1. The van der Waals surface area contributed by atoms with E-state index in [1.165, 1.54) is 10.9 Å². The second-order valence-corrected chi connectivity index (χ2v) is 6.86. The highest BCUT2D eigenvalue weighted by atomic mass is 16.5. The van der Waals surface area contributed by atoms with Gasteiger partial charge in [0, 0.05) is 36.5 Å². The summed E-state index contributed by atoms with van der Waals surface area (Å²) in [5.41, 5.74) is 2.42. The van der Waals surface area contributed by atoms with Gasteiger partial charge in [-0.25, -0.2) is 0 Å². The maximum Gasteiger partial charge on any atom is 0.249 e. The van der Waals surface area contributed by atoms with Crippen molar-refractivity contribution in [1.29, 1.82) is 0 Å². The van der Waals surface area contributed by atoms with E-state index in [4.69, 9.17) is 4.52 Å². The third kappa shape index (κ3) is 3.23. The molecule has 1 fully saturated rings. The second kappa shape index (κ2) is 7.32. The molecule has 1 atom stereocenters. The van der Waals surface area contributed by atoms with Crippen LogP contribution >= 0.6 is 0 Å². The maximum atomic E-state index is 12.7. The first-order valence-corrected chi connectivity index (χ1v) is 9.43. The summed E-state index contributed by atoms with van der Waals surface area (Å²) in [6.45, 7) is 2.78. The molecule has 2 aromatic heterocycles. The fraction of sp³-hybridized carbons (Fsp3) is 0.450. The maximum absolute atomic E-state index is 12.7. The number of carbonyl (C=O) groups is 1. The van der Waals surface area contributed by atoms with Gasteiger partial charge in [-0.3, -0.25) is 4.79 Å². The lowest BCUT2D eigenvalue weighted by Gasteiger charge is -2.21. The number of likely N-dealkylation sites (tertiary alicyclic amines) is 1. The lowest BCUT2D eigenvalue weighted by molar-refractivity contribution is -0.132. The van der Waals surface area contributed by atoms with Crippen molar-refractivity contribution in [2.75, 3.05) is 6.54 Å². The van der Waals surface area contributed by atoms with Crippen LogP contribution in [0.5, 0.6) is 0 Å². The lowest BCUT2D eigenvalue weighted by atomic mass is 10.1. The molecular formula is C20H24N4O2. The Balaban J connectivity index is 1.36. The molecule has 1 aliphatic rings. The van der Waals surface area contributed by atoms with Crippen molar-refractivity contribution in [1.82, 2.24) is 20.0 Å². The molecule has 1 amide bonds. The van der Waals surface area contributed by atoms with Crippen molar-refractivity contribution in [2.24, 2.45) is 0 Å². The first-order valence-electron chi connectivity index (χ1n) is 9.43. The molecule has 1 N–H and O–H groups in total. The molecule has 0 aliphatic carbocycles. The Kier molecular flexibility index (Phi) is 4.73. The van der Waals surface area contributed by atoms with Crippen LogP contribution in [0.3, 0.4) is 0 Å². The van der Waals surface area contributed by atoms with Crippen molar-refractivity contribution in [3.63, 3.8) is 0 Å². The lowest BCUT2D eigenvalue weighted by Crippen LogP contribution is -2.30. The summed E-state index contributed by atoms with van der Waals surface area (Å²) in [4.78, 5) is 22.4. The largest absolute Gasteiger partial charge is 0.361 e. The van der Waals surface area contributed by atoms with Gasteiger partial charge in [0.15, 0.2) is 5.82 Å². The number of aromatic nitrogens is 3. The Morgan fingerprint density at radius 2 is 2.27 bits per heavy atom. The number of para-hydroxylation sites is 1. The van der Waals surface area contributed by atoms with E-state index in [-0.39, 0.29) is 11.9 Å². The molecule has 1 aliphatic heterocycles. The standard InChI is InChI=1S/C20H24N4O2/c1-2-18-22-20(26-23-18)17-10-6-12-24(17)19(25)11-5-7-14-13-21-16-9-4-3-8-15(14)16/h3-4,8-9,13,17,21H,2,5-7,10-12H2,1H3/t17-/m0/s1. The molecule has 1 aromatic carbocycles. The Labute approximate surface area is 152 Å². The van der Waals surface area contributed by atoms with E-state index in [0.29, 0.717) is 18.1 Å². The van der Waals surface area contributed by atoms with Crippen LogP contribution in [0.15, 0.2) is 35.0 Å². The summed E-state index contributed by atoms with van der Waals surface area (Å²) in [6.07, 6.45) is 6.98. The summed E-state index contributed by atoms with van der Waals surface area (Å²) in [5, 5.41) is 5.22. The monoisotopic (exact) mass is 352 g/mol. The minimum Gasteiger partial charge on any atom is -0.361 e. The summed E-state index contributed by atoms with van der Waals surface area (Å²) < 4.78 is 5.37. The zero-order valence-corrected chi connectivity index (χ0v) is 15.1. The Morgan fingerprint density at radius 3 is 3.12 bits per heavy atom. The van der Waals surface area contributed by atoms with E-state index in [9.17, 15) is 4.79 Å². The highest BCUT2D eigenvalue weighted by Gasteiger charge is 2.33. The van der Waals surface area contributed by atoms with Crippen LogP contribution in [0.1, 0.15) is 55.9 Å². The first kappa shape index (κ1) is 16.8. The number of carbonyl (C=O) groups excluding carboxylic acids is 1. The third-order valence-corrected chi connectivity index (χ3v) is 5.17. The van der Waals surface area contributed by atoms with Crippen LogP contribution < -0.4 is 0 Å². The molecule has 0 radical (unpaired) electrons. The fourth-order valence-electron chi connectivity index (χ4n) is 3.78. The number of H-pyrrole nitrogens is 1. The molecule has 6 nitrogen and oxygen atoms in total. The molecule has 6 heteroatoms. The van der Waals surface area contributed by atoms with Gasteiger partial charge < -0.3 is 14.4 Å². The number of nitrogens with zero attached hydrogens (tertiary/aromatic N) is 3. The minimum atomic E-state index is -0.0524. The van der Waals surface area contributed by atoms with Crippen molar-refractivity contribution in [2.45, 2.75) is 51.5 Å². The van der Waals surface area contributed by atoms with Crippen LogP contribution in [-0.4, -0.2) is 32.5 Å². The van der Waals surface area contributed by atoms with Gasteiger partial charge in [-0.15, -0.1) is 0 Å². The molecule has 0 spiro atoms. The fourth-order valence-corrected chi connectivity index (χ4v) is 3.78. The van der Waals surface area contributed by atoms with Gasteiger partial charge in [0.1, 0.15) is 6.04 Å². The summed E-state index contributed by atoms with van der Waals surface area (Å²) in [6, 6.07) is 8.23. The summed E-state index contributed by atoms with van der Waals surface area (Å²) >= 11 is 0. The van der Waals surface area contributed by atoms with Gasteiger partial charge >= 0.3 is 0 Å². The van der Waals surface area contributed by atoms with Crippen molar-refractivity contribution in [3.8, 4) is 0 Å². The second-order valence-electron chi connectivity index (χ2n) is 6.86. The van der Waals surface area contributed by atoms with Crippen molar-refractivity contribution in [3.05, 3.63) is 47.7 Å². The number of amides is 1. The predicted octanol–water partition coefficient (Wildman–Crippen LogP) is 3.80. The molecule has 1 saturated heterocycles. The summed E-state index contributed by atoms with van der Waals surface area (Å²) in [5.74, 6) is 1.48. The van der Waals surface area contributed by atoms with E-state index in [2.05, 4.69) is 39.5 Å². The third-order valence-electron chi connectivity index (χ3n) is 5.17. The Hall–Kier alpha value is -2.63. The average Bonchev–Trinajstić information content (AvgIpc) is 3.40. The van der Waals surface area contributed by atoms with Gasteiger partial charge in [-0.2, -0.15) is 4.98 Å². The molecule has 0 saturated carbocycles. The van der Waals surface area contributed by atoms with E-state index >= 15 is 0 Å². The van der Waals surface area contributed by atoms with Crippen LogP contribution in [-0.2, 0) is 17.6 Å². The normalized spacial score (nSPS) is 17.3. The molecule has 26 heavy (non-hydrogen) atoms. The number of aryl methyl sites for hydroxylation is 2. The highest BCUT2D eigenvalue weighted by molar-refractivity contribution is 5.83. The number of aromatic amines is 1. The van der Waals surface area contributed by atoms with Gasteiger partial charge in [-0.05, 0) is 37.3 Å². The van der Waals surface area contributed by atoms with E-state index in [1.54, 1.807) is 0 Å². The van der Waals surface area contributed by atoms with Gasteiger partial charge in [0.25, 0.3) is 0 Å². The van der Waals surface area contributed by atoms with Crippen LogP contribution in [0.4, 0.5) is 0 Å². The minimum absolute atomic E-state index is 0.0524.